The Morgan fingerprint density at radius 1 is 1.42 bits per heavy atom. The highest BCUT2D eigenvalue weighted by molar-refractivity contribution is 9.09. The maximum absolute atomic E-state index is 12.0. The second-order valence-corrected chi connectivity index (χ2v) is 7.31. The van der Waals surface area contributed by atoms with Crippen LogP contribution in [0.4, 0.5) is 0 Å². The fourth-order valence-electron chi connectivity index (χ4n) is 1.63. The van der Waals surface area contributed by atoms with Crippen LogP contribution in [0.15, 0.2) is 29.2 Å². The highest BCUT2D eigenvalue weighted by atomic mass is 79.9. The molecule has 0 heterocycles. The van der Waals surface area contributed by atoms with Crippen LogP contribution in [0.5, 0.6) is 0 Å². The smallest absolute Gasteiger partial charge is 0.251 e. The fourth-order valence-corrected chi connectivity index (χ4v) is 2.62. The number of hydrogen-bond donors (Lipinski definition) is 1. The Balaban J connectivity index is 2.78. The van der Waals surface area contributed by atoms with Gasteiger partial charge in [0.1, 0.15) is 0 Å². The van der Waals surface area contributed by atoms with Gasteiger partial charge in [0, 0.05) is 23.2 Å². The van der Waals surface area contributed by atoms with Gasteiger partial charge in [-0.15, -0.1) is 0 Å². The number of amides is 1. The van der Waals surface area contributed by atoms with Crippen molar-refractivity contribution >= 4 is 31.7 Å². The topological polar surface area (TPSA) is 63.2 Å². The number of rotatable bonds is 6. The van der Waals surface area contributed by atoms with Crippen LogP contribution >= 0.6 is 15.9 Å². The van der Waals surface area contributed by atoms with Crippen LogP contribution in [0, 0.1) is 0 Å². The summed E-state index contributed by atoms with van der Waals surface area (Å²) in [4.78, 5) is 12.1. The molecule has 0 saturated heterocycles. The molecule has 1 rings (SSSR count). The van der Waals surface area contributed by atoms with Crippen molar-refractivity contribution in [2.75, 3.05) is 11.6 Å². The lowest BCUT2D eigenvalue weighted by Gasteiger charge is -2.13. The molecule has 0 aliphatic carbocycles. The van der Waals surface area contributed by atoms with Crippen molar-refractivity contribution < 1.29 is 13.2 Å². The van der Waals surface area contributed by atoms with E-state index >= 15 is 0 Å². The quantitative estimate of drug-likeness (QED) is 0.803. The molecule has 4 nitrogen and oxygen atoms in total. The zero-order chi connectivity index (χ0) is 14.5. The summed E-state index contributed by atoms with van der Waals surface area (Å²) in [7, 11) is -3.29. The van der Waals surface area contributed by atoms with Gasteiger partial charge >= 0.3 is 0 Å². The Kier molecular flexibility index (Phi) is 6.00. The third-order valence-corrected chi connectivity index (χ3v) is 4.34. The minimum Gasteiger partial charge on any atom is -0.350 e. The Bertz CT molecular complexity index is 543. The lowest BCUT2D eigenvalue weighted by atomic mass is 10.1. The summed E-state index contributed by atoms with van der Waals surface area (Å²) in [6.07, 6.45) is 2.98. The Morgan fingerprint density at radius 3 is 2.68 bits per heavy atom. The first-order valence-electron chi connectivity index (χ1n) is 6.01. The maximum Gasteiger partial charge on any atom is 0.251 e. The molecule has 1 unspecified atom stereocenters. The molecule has 0 aliphatic rings. The summed E-state index contributed by atoms with van der Waals surface area (Å²) in [6, 6.07) is 6.14. The normalized spacial score (nSPS) is 13.0. The molecule has 1 atom stereocenters. The van der Waals surface area contributed by atoms with Gasteiger partial charge in [0.05, 0.1) is 4.90 Å². The maximum atomic E-state index is 12.0. The average molecular weight is 348 g/mol. The molecule has 0 bridgehead atoms. The molecule has 0 spiro atoms. The van der Waals surface area contributed by atoms with E-state index in [9.17, 15) is 13.2 Å². The van der Waals surface area contributed by atoms with E-state index in [0.29, 0.717) is 5.56 Å². The number of sulfone groups is 1. The molecule has 1 N–H and O–H groups in total. The highest BCUT2D eigenvalue weighted by Gasteiger charge is 2.13. The van der Waals surface area contributed by atoms with E-state index in [1.54, 1.807) is 12.1 Å². The summed E-state index contributed by atoms with van der Waals surface area (Å²) in [5.74, 6) is -0.243. The summed E-state index contributed by atoms with van der Waals surface area (Å²) >= 11 is 3.34. The van der Waals surface area contributed by atoms with E-state index < -0.39 is 9.84 Å². The lowest BCUT2D eigenvalue weighted by molar-refractivity contribution is 0.0938. The highest BCUT2D eigenvalue weighted by Crippen LogP contribution is 2.11. The van der Waals surface area contributed by atoms with E-state index in [0.717, 1.165) is 24.4 Å². The molecule has 0 fully saturated rings. The van der Waals surface area contributed by atoms with Gasteiger partial charge in [-0.1, -0.05) is 22.0 Å². The number of carbonyl (C=O) groups is 1. The van der Waals surface area contributed by atoms with Gasteiger partial charge in [0.2, 0.25) is 0 Å². The Morgan fingerprint density at radius 2 is 2.11 bits per heavy atom. The van der Waals surface area contributed by atoms with Gasteiger partial charge in [-0.2, -0.15) is 0 Å². The van der Waals surface area contributed by atoms with Crippen LogP contribution in [0.25, 0.3) is 0 Å². The molecule has 0 saturated carbocycles. The summed E-state index contributed by atoms with van der Waals surface area (Å²) in [6.45, 7) is 1.93. The van der Waals surface area contributed by atoms with Crippen molar-refractivity contribution in [2.45, 2.75) is 30.7 Å². The molecule has 106 valence electrons. The van der Waals surface area contributed by atoms with Crippen molar-refractivity contribution in [1.29, 1.82) is 0 Å². The van der Waals surface area contributed by atoms with Gasteiger partial charge in [0.25, 0.3) is 5.91 Å². The van der Waals surface area contributed by atoms with Gasteiger partial charge in [-0.25, -0.2) is 8.42 Å². The number of nitrogens with one attached hydrogen (secondary N) is 1. The Labute approximate surface area is 122 Å². The summed E-state index contributed by atoms with van der Waals surface area (Å²) in [5.41, 5.74) is 0.369. The zero-order valence-electron chi connectivity index (χ0n) is 11.0. The largest absolute Gasteiger partial charge is 0.350 e. The molecule has 0 radical (unpaired) electrons. The standard InChI is InChI=1S/C13H18BrNO3S/c1-10(5-4-8-14)15-13(16)11-6-3-7-12(9-11)19(2,17)18/h3,6-7,9-10H,4-5,8H2,1-2H3,(H,15,16). The van der Waals surface area contributed by atoms with E-state index in [2.05, 4.69) is 21.2 Å². The Hall–Kier alpha value is -0.880. The van der Waals surface area contributed by atoms with Crippen molar-refractivity contribution in [3.8, 4) is 0 Å². The number of hydrogen-bond acceptors (Lipinski definition) is 3. The first kappa shape index (κ1) is 16.2. The number of carbonyl (C=O) groups excluding carboxylic acids is 1. The third-order valence-electron chi connectivity index (χ3n) is 2.67. The first-order valence-corrected chi connectivity index (χ1v) is 9.03. The molecule has 1 aromatic rings. The minimum atomic E-state index is -3.29. The van der Waals surface area contributed by atoms with Crippen LogP contribution in [-0.2, 0) is 9.84 Å². The predicted octanol–water partition coefficient (Wildman–Crippen LogP) is 2.38. The fraction of sp³-hybridized carbons (Fsp3) is 0.462. The van der Waals surface area contributed by atoms with E-state index in [-0.39, 0.29) is 16.8 Å². The first-order chi connectivity index (χ1) is 8.84. The molecule has 6 heteroatoms. The number of benzene rings is 1. The summed E-state index contributed by atoms with van der Waals surface area (Å²) < 4.78 is 22.9. The van der Waals surface area contributed by atoms with Crippen molar-refractivity contribution in [3.63, 3.8) is 0 Å². The number of alkyl halides is 1. The van der Waals surface area contributed by atoms with Crippen LogP contribution in [0.3, 0.4) is 0 Å². The average Bonchev–Trinajstić information content (AvgIpc) is 2.35. The second-order valence-electron chi connectivity index (χ2n) is 4.51. The molecule has 1 amide bonds. The SMILES string of the molecule is CC(CCCBr)NC(=O)c1cccc(S(C)(=O)=O)c1. The van der Waals surface area contributed by atoms with Crippen LogP contribution in [0.1, 0.15) is 30.1 Å². The molecule has 0 aliphatic heterocycles. The van der Waals surface area contributed by atoms with Crippen molar-refractivity contribution in [3.05, 3.63) is 29.8 Å². The van der Waals surface area contributed by atoms with E-state index in [4.69, 9.17) is 0 Å². The second kappa shape index (κ2) is 7.05. The van der Waals surface area contributed by atoms with Gasteiger partial charge < -0.3 is 5.32 Å². The predicted molar refractivity (Wildman–Crippen MR) is 79.5 cm³/mol. The molecule has 19 heavy (non-hydrogen) atoms. The molecule has 0 aromatic heterocycles. The van der Waals surface area contributed by atoms with E-state index in [1.807, 2.05) is 6.92 Å². The molecule has 1 aromatic carbocycles. The zero-order valence-corrected chi connectivity index (χ0v) is 13.4. The van der Waals surface area contributed by atoms with Crippen molar-refractivity contribution in [2.24, 2.45) is 0 Å². The minimum absolute atomic E-state index is 0.0620. The van der Waals surface area contributed by atoms with E-state index in [1.165, 1.54) is 12.1 Å². The van der Waals surface area contributed by atoms with Gasteiger partial charge in [-0.05, 0) is 38.0 Å². The summed E-state index contributed by atoms with van der Waals surface area (Å²) in [5, 5.41) is 3.75. The van der Waals surface area contributed by atoms with Gasteiger partial charge in [0.15, 0.2) is 9.84 Å². The van der Waals surface area contributed by atoms with Crippen LogP contribution in [0.2, 0.25) is 0 Å². The number of halogens is 1. The molecular formula is C13H18BrNO3S. The van der Waals surface area contributed by atoms with Crippen LogP contribution in [-0.4, -0.2) is 32.0 Å². The molecular weight excluding hydrogens is 330 g/mol. The third kappa shape index (κ3) is 5.32. The van der Waals surface area contributed by atoms with Crippen LogP contribution < -0.4 is 5.32 Å². The monoisotopic (exact) mass is 347 g/mol. The lowest BCUT2D eigenvalue weighted by Crippen LogP contribution is -2.32. The van der Waals surface area contributed by atoms with Gasteiger partial charge in [-0.3, -0.25) is 4.79 Å². The van der Waals surface area contributed by atoms with Crippen molar-refractivity contribution in [1.82, 2.24) is 5.32 Å².